The number of amides is 12. The number of rotatable bonds is 24. The number of alkyl carbamates (subject to hydrolysis) is 1. The van der Waals surface area contributed by atoms with Crippen molar-refractivity contribution in [1.82, 2.24) is 63.8 Å². The summed E-state index contributed by atoms with van der Waals surface area (Å²) in [5.74, 6) is -23.3. The van der Waals surface area contributed by atoms with Crippen LogP contribution in [0, 0.1) is 34.5 Å². The van der Waals surface area contributed by atoms with Crippen molar-refractivity contribution >= 4 is 89.0 Å². The Morgan fingerprint density at radius 2 is 1.22 bits per heavy atom. The summed E-state index contributed by atoms with van der Waals surface area (Å²) < 4.78 is 59.5. The number of nitrogens with one attached hydrogen (secondary N) is 13. The molecule has 1 fully saturated rings. The van der Waals surface area contributed by atoms with Crippen LogP contribution in [0.5, 0.6) is 0 Å². The molecule has 12 amide bonds. The first-order chi connectivity index (χ1) is 48.0. The van der Waals surface area contributed by atoms with Crippen molar-refractivity contribution in [3.05, 3.63) is 35.9 Å². The molecule has 1 aromatic rings. The number of alkyl halides is 3. The molecule has 0 saturated carbocycles. The molecular formula is C66H106F3N15O20. The highest BCUT2D eigenvalue weighted by atomic mass is 19.4. The summed E-state index contributed by atoms with van der Waals surface area (Å²) in [5, 5.41) is 68.1. The summed E-state index contributed by atoms with van der Waals surface area (Å²) in [6, 6.07) is -14.0. The van der Waals surface area contributed by atoms with Gasteiger partial charge in [-0.25, -0.2) is 14.4 Å². The largest absolute Gasteiger partial charge is 0.490 e. The van der Waals surface area contributed by atoms with Crippen LogP contribution in [0.2, 0.25) is 0 Å². The minimum absolute atomic E-state index is 0.0552. The lowest BCUT2D eigenvalue weighted by atomic mass is 9.87. The van der Waals surface area contributed by atoms with E-state index in [1.165, 1.54) is 37.3 Å². The van der Waals surface area contributed by atoms with Crippen LogP contribution >= 0.6 is 0 Å². The summed E-state index contributed by atoms with van der Waals surface area (Å²) in [4.78, 5) is 200. The minimum atomic E-state index is -5.79. The fourth-order valence-electron chi connectivity index (χ4n) is 10.3. The Morgan fingerprint density at radius 1 is 0.673 bits per heavy atom. The normalized spacial score (nSPS) is 23.3. The molecule has 0 aliphatic carbocycles. The number of cyclic esters (lactones) is 1. The minimum Gasteiger partial charge on any atom is -0.453 e. The fourth-order valence-corrected chi connectivity index (χ4v) is 10.3. The second kappa shape index (κ2) is 41.1. The number of primary amides is 1. The average molecular weight is 1490 g/mol. The fraction of sp³-hybridized carbons (Fsp3) is 0.682. The van der Waals surface area contributed by atoms with Gasteiger partial charge in [-0.2, -0.15) is 13.2 Å². The maximum Gasteiger partial charge on any atom is 0.490 e. The molecule has 0 radical (unpaired) electrons. The molecule has 20 N–H and O–H groups in total. The van der Waals surface area contributed by atoms with Crippen LogP contribution in [0.15, 0.2) is 30.3 Å². The third-order valence-corrected chi connectivity index (χ3v) is 15.7. The van der Waals surface area contributed by atoms with Crippen LogP contribution in [-0.4, -0.2) is 214 Å². The van der Waals surface area contributed by atoms with Crippen molar-refractivity contribution in [3.63, 3.8) is 0 Å². The van der Waals surface area contributed by atoms with Crippen LogP contribution in [0.4, 0.5) is 18.0 Å². The lowest BCUT2D eigenvalue weighted by molar-refractivity contribution is -0.208. The van der Waals surface area contributed by atoms with Gasteiger partial charge >= 0.3 is 24.2 Å². The van der Waals surface area contributed by atoms with E-state index in [0.717, 1.165) is 20.8 Å². The Kier molecular flexibility index (Phi) is 35.8. The Morgan fingerprint density at radius 3 is 1.73 bits per heavy atom. The number of ether oxygens (including phenoxy) is 3. The van der Waals surface area contributed by atoms with Gasteiger partial charge in [0, 0.05) is 6.54 Å². The first-order valence-corrected chi connectivity index (χ1v) is 33.9. The number of carbonyl (C=O) groups is 14. The SMILES string of the molecule is CC[C@H](C)[C@@H]1NC(=O)[C@@H](CCCNC(=N)N)NC(=O)[C@H](CC(C)C)NC(=O)[C@H]([C@H](OC(=O)C(F)(F)F)C(C)C)NC(=O)[C@@H](NC(=O)[C@H](CC(C)(C)C)NC(=O)[C@@H](CC(C)C)NC(=O)OC(C)(C)C)[C@@H](c2ccccc2)OC(=O)[C@H](CO)NC(=O)[C@H]([C@H](O)C(N)=O)NC(=O)CNC(=O)[C@H]([C@H](C)O)NC1=O. The van der Waals surface area contributed by atoms with E-state index in [-0.39, 0.29) is 56.6 Å². The highest BCUT2D eigenvalue weighted by Gasteiger charge is 2.49. The first-order valence-electron chi connectivity index (χ1n) is 33.9. The van der Waals surface area contributed by atoms with Crippen molar-refractivity contribution < 1.29 is 110 Å². The molecule has 35 nitrogen and oxygen atoms in total. The lowest BCUT2D eigenvalue weighted by Crippen LogP contribution is -2.64. The van der Waals surface area contributed by atoms with Gasteiger partial charge in [0.15, 0.2) is 24.2 Å². The monoisotopic (exact) mass is 1490 g/mol. The van der Waals surface area contributed by atoms with Crippen LogP contribution in [0.1, 0.15) is 154 Å². The number of aliphatic hydroxyl groups excluding tert-OH is 3. The number of hydrogen-bond donors (Lipinski definition) is 18. The number of hydrogen-bond acceptors (Lipinski definition) is 21. The van der Waals surface area contributed by atoms with Crippen LogP contribution in [-0.2, 0) is 76.5 Å². The summed E-state index contributed by atoms with van der Waals surface area (Å²) in [6.45, 7) is 19.8. The molecule has 1 saturated heterocycles. The van der Waals surface area contributed by atoms with Crippen molar-refractivity contribution in [1.29, 1.82) is 5.41 Å². The number of carbonyl (C=O) groups excluding carboxylic acids is 14. The van der Waals surface area contributed by atoms with Gasteiger partial charge in [-0.1, -0.05) is 113 Å². The van der Waals surface area contributed by atoms with Crippen molar-refractivity contribution in [2.24, 2.45) is 40.6 Å². The predicted molar refractivity (Wildman–Crippen MR) is 365 cm³/mol. The number of benzene rings is 1. The number of aliphatic hydroxyl groups is 3. The van der Waals surface area contributed by atoms with Gasteiger partial charge in [0.25, 0.3) is 0 Å². The van der Waals surface area contributed by atoms with Crippen molar-refractivity contribution in [2.45, 2.75) is 239 Å². The van der Waals surface area contributed by atoms with Gasteiger partial charge in [0.05, 0.1) is 19.3 Å². The lowest BCUT2D eigenvalue weighted by Gasteiger charge is -2.35. The van der Waals surface area contributed by atoms with E-state index in [4.69, 9.17) is 31.1 Å². The second-order valence-corrected chi connectivity index (χ2v) is 28.7. The maximum absolute atomic E-state index is 15.8. The topological polar surface area (TPSA) is 548 Å². The molecule has 0 spiro atoms. The van der Waals surface area contributed by atoms with Gasteiger partial charge in [-0.05, 0) is 94.4 Å². The molecule has 1 aliphatic heterocycles. The highest BCUT2D eigenvalue weighted by molar-refractivity contribution is 6.00. The molecule has 1 aromatic carbocycles. The quantitative estimate of drug-likeness (QED) is 0.0172. The molecule has 0 aromatic heterocycles. The Labute approximate surface area is 601 Å². The Hall–Kier alpha value is -9.46. The molecule has 586 valence electrons. The molecular weight excluding hydrogens is 1380 g/mol. The Balaban J connectivity index is 3.36. The molecule has 0 bridgehead atoms. The van der Waals surface area contributed by atoms with E-state index >= 15 is 14.4 Å². The van der Waals surface area contributed by atoms with E-state index < -0.39 is 222 Å². The zero-order valence-corrected chi connectivity index (χ0v) is 61.2. The van der Waals surface area contributed by atoms with E-state index in [2.05, 4.69) is 53.2 Å². The van der Waals surface area contributed by atoms with E-state index in [1.54, 1.807) is 76.2 Å². The van der Waals surface area contributed by atoms with Gasteiger partial charge < -0.3 is 105 Å². The number of esters is 2. The number of nitrogens with two attached hydrogens (primary N) is 2. The third kappa shape index (κ3) is 30.9. The van der Waals surface area contributed by atoms with Gasteiger partial charge in [-0.3, -0.25) is 58.1 Å². The second-order valence-electron chi connectivity index (χ2n) is 28.7. The summed E-state index contributed by atoms with van der Waals surface area (Å²) in [5.41, 5.74) is 8.56. The molecule has 2 rings (SSSR count). The smallest absolute Gasteiger partial charge is 0.453 e. The molecule has 1 heterocycles. The van der Waals surface area contributed by atoms with Crippen LogP contribution in [0.3, 0.4) is 0 Å². The first kappa shape index (κ1) is 90.6. The summed E-state index contributed by atoms with van der Waals surface area (Å²) in [7, 11) is 0. The van der Waals surface area contributed by atoms with Crippen molar-refractivity contribution in [2.75, 3.05) is 19.7 Å². The van der Waals surface area contributed by atoms with E-state index in [9.17, 15) is 81.2 Å². The van der Waals surface area contributed by atoms with Crippen molar-refractivity contribution in [3.8, 4) is 0 Å². The maximum atomic E-state index is 15.8. The molecule has 0 unspecified atom stereocenters. The standard InChI is InChI=1S/C66H106F3N15O20/c1-16-33(8)42-56(95)82-43(34(9)86)55(94)74-28-41(87)80-44(47(88)50(70)89)57(96)78-40(29-85)60(99)102-49(35-21-18-17-19-22-35)46(83-54(93)39(27-64(10,11)12)77-53(92)38(26-31(4)5)79-63(101)104-65(13,14)15)59(98)84-45(48(32(6)7)103-61(100)66(67,68)69)58(97)76-37(25-30(2)3)52(91)75-36(51(90)81-42)23-20-24-73-62(71)72/h17-19,21-22,30-34,36-40,42-49,85-86,88H,16,20,23-29H2,1-15H3,(H2,70,89)(H,74,94)(H,75,91)(H,76,97)(H,77,92)(H,78,96)(H,79,101)(H,80,87)(H,81,90)(H,82,95)(H,83,93)(H,84,98)(H4,71,72,73)/t33-,34-,36+,37-,38+,39-,40-,42-,43-,44-,45-,46-,47-,48+,49+/m0/s1. The Bertz CT molecular complexity index is 3170. The van der Waals surface area contributed by atoms with E-state index in [1.807, 2.05) is 10.6 Å². The van der Waals surface area contributed by atoms with Crippen LogP contribution in [0.25, 0.3) is 0 Å². The van der Waals surface area contributed by atoms with Gasteiger partial charge in [0.1, 0.15) is 66.1 Å². The average Bonchev–Trinajstić information content (AvgIpc) is 0.804. The van der Waals surface area contributed by atoms with Gasteiger partial charge in [-0.15, -0.1) is 0 Å². The number of guanidine groups is 1. The number of halogens is 3. The molecule has 104 heavy (non-hydrogen) atoms. The molecule has 15 atom stereocenters. The predicted octanol–water partition coefficient (Wildman–Crippen LogP) is -2.16. The summed E-state index contributed by atoms with van der Waals surface area (Å²) in [6.07, 6.45) is -17.1. The van der Waals surface area contributed by atoms with Crippen LogP contribution < -0.4 is 75.3 Å². The summed E-state index contributed by atoms with van der Waals surface area (Å²) >= 11 is 0. The third-order valence-electron chi connectivity index (χ3n) is 15.7. The van der Waals surface area contributed by atoms with E-state index in [0.29, 0.717) is 0 Å². The highest BCUT2D eigenvalue weighted by Crippen LogP contribution is 2.28. The zero-order chi connectivity index (χ0) is 79.6. The molecule has 38 heteroatoms. The van der Waals surface area contributed by atoms with Gasteiger partial charge in [0.2, 0.25) is 65.0 Å². The zero-order valence-electron chi connectivity index (χ0n) is 61.2. The molecule has 1 aliphatic rings.